The lowest BCUT2D eigenvalue weighted by molar-refractivity contribution is -0.0759. The molecule has 5 nitrogen and oxygen atoms in total. The van der Waals surface area contributed by atoms with Crippen molar-refractivity contribution in [3.63, 3.8) is 0 Å². The Hall–Kier alpha value is -0.710. The van der Waals surface area contributed by atoms with Crippen molar-refractivity contribution in [3.8, 4) is 0 Å². The van der Waals surface area contributed by atoms with Gasteiger partial charge >= 0.3 is 16.3 Å². The second-order valence-electron chi connectivity index (χ2n) is 7.30. The molecule has 3 unspecified atom stereocenters. The number of halogens is 2. The Balaban J connectivity index is 5.20. The molecule has 0 radical (unpaired) electrons. The minimum Gasteiger partial charge on any atom is -0.312 e. The van der Waals surface area contributed by atoms with Crippen LogP contribution in [-0.2, 0) is 22.7 Å². The highest BCUT2D eigenvalue weighted by Crippen LogP contribution is 2.57. The van der Waals surface area contributed by atoms with Gasteiger partial charge in [-0.2, -0.15) is 0 Å². The minimum absolute atomic E-state index is 0.554. The van der Waals surface area contributed by atoms with E-state index >= 15 is 0 Å². The first-order valence-corrected chi connectivity index (χ1v) is 12.0. The van der Waals surface area contributed by atoms with Crippen LogP contribution in [0, 0.1) is 0 Å². The Bertz CT molecular complexity index is 647. The van der Waals surface area contributed by atoms with Gasteiger partial charge in [0.1, 0.15) is 5.66 Å². The molecule has 0 N–H and O–H groups in total. The van der Waals surface area contributed by atoms with Crippen molar-refractivity contribution in [3.05, 3.63) is 34.9 Å². The van der Waals surface area contributed by atoms with Gasteiger partial charge in [0.15, 0.2) is 6.10 Å². The van der Waals surface area contributed by atoms with Crippen LogP contribution in [0.2, 0.25) is 0 Å². The van der Waals surface area contributed by atoms with Crippen LogP contribution in [0.5, 0.6) is 0 Å². The van der Waals surface area contributed by atoms with E-state index in [0.29, 0.717) is 18.4 Å². The Morgan fingerprint density at radius 3 is 2.03 bits per heavy atom. The van der Waals surface area contributed by atoms with Crippen LogP contribution in [-0.4, -0.2) is 31.9 Å². The monoisotopic (exact) mass is 455 g/mol. The molecule has 0 aliphatic rings. The molecule has 29 heavy (non-hydrogen) atoms. The number of hydrogen-bond acceptors (Lipinski definition) is 5. The third-order valence-corrected chi connectivity index (χ3v) is 7.31. The first-order chi connectivity index (χ1) is 13.4. The topological polar surface area (TPSA) is 61.8 Å². The minimum atomic E-state index is -4.04. The quantitative estimate of drug-likeness (QED) is 0.204. The fourth-order valence-electron chi connectivity index (χ4n) is 2.69. The van der Waals surface area contributed by atoms with Crippen LogP contribution >= 0.6 is 16.3 Å². The van der Waals surface area contributed by atoms with Crippen molar-refractivity contribution >= 4 is 16.3 Å². The van der Waals surface area contributed by atoms with Gasteiger partial charge in [-0.15, -0.1) is 4.52 Å². The van der Waals surface area contributed by atoms with Gasteiger partial charge in [-0.05, 0) is 70.9 Å². The van der Waals surface area contributed by atoms with Gasteiger partial charge in [0.25, 0.3) is 5.92 Å². The average molecular weight is 455 g/mol. The molecule has 0 bridgehead atoms. The van der Waals surface area contributed by atoms with E-state index in [2.05, 4.69) is 26.0 Å². The van der Waals surface area contributed by atoms with Gasteiger partial charge in [0.05, 0.1) is 0 Å². The SMILES string of the molecule is COP(=O)(OC)C(C)C(F)(F)C(C=C(C)CCC=C(C)CCC=C(C)C)O[PH+]=O. The zero-order valence-corrected chi connectivity index (χ0v) is 20.4. The summed E-state index contributed by atoms with van der Waals surface area (Å²) >= 11 is 0. The Kier molecular flexibility index (Phi) is 13.2. The predicted molar refractivity (Wildman–Crippen MR) is 115 cm³/mol. The first kappa shape index (κ1) is 28.3. The molecule has 0 saturated heterocycles. The molecule has 0 heterocycles. The maximum Gasteiger partial charge on any atom is 0.495 e. The lowest BCUT2D eigenvalue weighted by atomic mass is 10.0. The Morgan fingerprint density at radius 1 is 1.03 bits per heavy atom. The lowest BCUT2D eigenvalue weighted by Gasteiger charge is -2.30. The summed E-state index contributed by atoms with van der Waals surface area (Å²) in [5.74, 6) is -3.60. The summed E-state index contributed by atoms with van der Waals surface area (Å²) in [6.45, 7) is 8.94. The highest BCUT2D eigenvalue weighted by atomic mass is 31.2. The van der Waals surface area contributed by atoms with Crippen molar-refractivity contribution in [2.45, 2.75) is 78.0 Å². The lowest BCUT2D eigenvalue weighted by Crippen LogP contribution is -2.43. The summed E-state index contributed by atoms with van der Waals surface area (Å²) < 4.78 is 67.3. The van der Waals surface area contributed by atoms with E-state index in [-0.39, 0.29) is 0 Å². The molecule has 168 valence electrons. The third kappa shape index (κ3) is 9.76. The van der Waals surface area contributed by atoms with E-state index in [0.717, 1.165) is 34.0 Å². The van der Waals surface area contributed by atoms with Crippen molar-refractivity contribution in [1.82, 2.24) is 0 Å². The zero-order valence-electron chi connectivity index (χ0n) is 18.5. The highest BCUT2D eigenvalue weighted by Gasteiger charge is 2.55. The zero-order chi connectivity index (χ0) is 22.7. The smallest absolute Gasteiger partial charge is 0.312 e. The molecule has 0 saturated carbocycles. The fourth-order valence-corrected chi connectivity index (χ4v) is 4.37. The number of alkyl halides is 2. The summed E-state index contributed by atoms with van der Waals surface area (Å²) in [5.41, 5.74) is 1.42. The largest absolute Gasteiger partial charge is 0.495 e. The summed E-state index contributed by atoms with van der Waals surface area (Å²) in [7, 11) is -3.32. The maximum absolute atomic E-state index is 14.9. The normalized spacial score (nSPS) is 16.0. The van der Waals surface area contributed by atoms with Crippen LogP contribution in [0.15, 0.2) is 34.9 Å². The fraction of sp³-hybridized carbons (Fsp3) is 0.700. The molecule has 0 rings (SSSR count). The van der Waals surface area contributed by atoms with Crippen LogP contribution in [0.4, 0.5) is 8.78 Å². The number of hydrogen-bond donors (Lipinski definition) is 0. The van der Waals surface area contributed by atoms with Gasteiger partial charge in [-0.3, -0.25) is 4.57 Å². The van der Waals surface area contributed by atoms with Gasteiger partial charge in [-0.25, -0.2) is 8.78 Å². The van der Waals surface area contributed by atoms with E-state index < -0.39 is 34.0 Å². The van der Waals surface area contributed by atoms with Crippen molar-refractivity contribution in [2.75, 3.05) is 14.2 Å². The van der Waals surface area contributed by atoms with Crippen LogP contribution in [0.1, 0.15) is 60.3 Å². The van der Waals surface area contributed by atoms with Gasteiger partial charge < -0.3 is 9.05 Å². The molecular weight excluding hydrogens is 420 g/mol. The molecule has 0 aromatic heterocycles. The average Bonchev–Trinajstić information content (AvgIpc) is 2.66. The molecule has 0 spiro atoms. The first-order valence-electron chi connectivity index (χ1n) is 9.52. The maximum atomic E-state index is 14.9. The van der Waals surface area contributed by atoms with Gasteiger partial charge in [-0.1, -0.05) is 28.9 Å². The van der Waals surface area contributed by atoms with Crippen LogP contribution in [0.25, 0.3) is 0 Å². The number of rotatable bonds is 14. The Labute approximate surface area is 175 Å². The van der Waals surface area contributed by atoms with E-state index in [1.807, 2.05) is 6.92 Å². The van der Waals surface area contributed by atoms with E-state index in [1.54, 1.807) is 6.92 Å². The molecule has 0 aromatic carbocycles. The molecule has 0 aliphatic carbocycles. The number of allylic oxidation sites excluding steroid dienone is 5. The molecule has 3 atom stereocenters. The summed E-state index contributed by atoms with van der Waals surface area (Å²) in [6.07, 6.45) is 6.89. The van der Waals surface area contributed by atoms with Crippen molar-refractivity contribution in [2.24, 2.45) is 0 Å². The second kappa shape index (κ2) is 13.6. The van der Waals surface area contributed by atoms with E-state index in [1.165, 1.54) is 17.2 Å². The molecule has 0 aromatic rings. The van der Waals surface area contributed by atoms with Crippen LogP contribution in [0.3, 0.4) is 0 Å². The molecule has 9 heteroatoms. The van der Waals surface area contributed by atoms with Crippen LogP contribution < -0.4 is 0 Å². The predicted octanol–water partition coefficient (Wildman–Crippen LogP) is 7.24. The van der Waals surface area contributed by atoms with Crippen molar-refractivity contribution in [1.29, 1.82) is 0 Å². The van der Waals surface area contributed by atoms with E-state index in [9.17, 15) is 17.9 Å². The Morgan fingerprint density at radius 2 is 1.55 bits per heavy atom. The molecular formula is C20H35F2O5P2+. The standard InChI is InChI=1S/C20H35F2O5P2/c1-15(2)10-8-11-16(3)12-9-13-17(4)14-19(27-28-23)20(21,22)18(5)29(24,25-6)26-7/h10,12,14,18-19,28H,8-9,11,13H2,1-7H3/q+1. The van der Waals surface area contributed by atoms with Gasteiger partial charge in [0, 0.05) is 14.2 Å². The highest BCUT2D eigenvalue weighted by molar-refractivity contribution is 7.54. The molecule has 0 fully saturated rings. The summed E-state index contributed by atoms with van der Waals surface area (Å²) in [6, 6.07) is 0. The van der Waals surface area contributed by atoms with E-state index in [4.69, 9.17) is 13.6 Å². The summed E-state index contributed by atoms with van der Waals surface area (Å²) in [4.78, 5) is 0. The third-order valence-electron chi connectivity index (χ3n) is 4.65. The summed E-state index contributed by atoms with van der Waals surface area (Å²) in [5, 5.41) is 0. The molecule has 0 amide bonds. The van der Waals surface area contributed by atoms with Gasteiger partial charge in [0.2, 0.25) is 0 Å². The molecule has 0 aliphatic heterocycles. The second-order valence-corrected chi connectivity index (χ2v) is 10.3. The van der Waals surface area contributed by atoms with Crippen molar-refractivity contribution < 1.29 is 31.5 Å².